The Balaban J connectivity index is 2.10. The minimum Gasteiger partial charge on any atom is -0.464 e. The van der Waals surface area contributed by atoms with Gasteiger partial charge in [-0.25, -0.2) is 4.79 Å². The lowest BCUT2D eigenvalue weighted by Gasteiger charge is -2.05. The highest BCUT2D eigenvalue weighted by Gasteiger charge is 2.60. The molecule has 0 spiro atoms. The second kappa shape index (κ2) is 3.91. The normalized spacial score (nSPS) is 27.6. The molecule has 0 aliphatic carbocycles. The summed E-state index contributed by atoms with van der Waals surface area (Å²) >= 11 is 0. The predicted molar refractivity (Wildman–Crippen MR) is 60.0 cm³/mol. The average Bonchev–Trinajstić information content (AvgIpc) is 2.94. The van der Waals surface area contributed by atoms with Crippen LogP contribution in [0.25, 0.3) is 0 Å². The first-order valence-electron chi connectivity index (χ1n) is 5.49. The molecule has 2 atom stereocenters. The van der Waals surface area contributed by atoms with Crippen LogP contribution in [-0.2, 0) is 14.3 Å². The van der Waals surface area contributed by atoms with E-state index in [1.165, 1.54) is 5.56 Å². The van der Waals surface area contributed by atoms with E-state index in [1.807, 2.05) is 31.2 Å². The van der Waals surface area contributed by atoms with Crippen molar-refractivity contribution in [2.45, 2.75) is 32.5 Å². The molecule has 0 saturated carbocycles. The molecule has 3 heteroatoms. The lowest BCUT2D eigenvalue weighted by atomic mass is 10.0. The van der Waals surface area contributed by atoms with Gasteiger partial charge in [0.15, 0.2) is 5.60 Å². The molecule has 0 bridgehead atoms. The molecule has 1 aliphatic rings. The summed E-state index contributed by atoms with van der Waals surface area (Å²) in [5.41, 5.74) is 1.44. The maximum atomic E-state index is 11.6. The van der Waals surface area contributed by atoms with Crippen molar-refractivity contribution in [3.8, 4) is 0 Å². The molecule has 1 saturated heterocycles. The van der Waals surface area contributed by atoms with Gasteiger partial charge in [0.25, 0.3) is 0 Å². The van der Waals surface area contributed by atoms with E-state index in [0.717, 1.165) is 5.56 Å². The average molecular weight is 220 g/mol. The molecule has 0 amide bonds. The summed E-state index contributed by atoms with van der Waals surface area (Å²) in [6.07, 6.45) is -0.160. The lowest BCUT2D eigenvalue weighted by molar-refractivity contribution is -0.148. The van der Waals surface area contributed by atoms with Crippen LogP contribution in [-0.4, -0.2) is 18.2 Å². The van der Waals surface area contributed by atoms with Gasteiger partial charge in [0.2, 0.25) is 0 Å². The van der Waals surface area contributed by atoms with Crippen LogP contribution in [0.1, 0.15) is 31.1 Å². The van der Waals surface area contributed by atoms with Crippen LogP contribution < -0.4 is 0 Å². The van der Waals surface area contributed by atoms with Crippen molar-refractivity contribution in [1.29, 1.82) is 0 Å². The Morgan fingerprint density at radius 3 is 2.62 bits per heavy atom. The molecule has 3 nitrogen and oxygen atoms in total. The number of aryl methyl sites for hydroxylation is 1. The van der Waals surface area contributed by atoms with Crippen LogP contribution in [0.2, 0.25) is 0 Å². The molecule has 0 radical (unpaired) electrons. The third kappa shape index (κ3) is 1.83. The number of hydrogen-bond donors (Lipinski definition) is 0. The smallest absolute Gasteiger partial charge is 0.341 e. The molecular weight excluding hydrogens is 204 g/mol. The summed E-state index contributed by atoms with van der Waals surface area (Å²) in [5, 5.41) is 0. The number of ether oxygens (including phenoxy) is 2. The van der Waals surface area contributed by atoms with E-state index in [4.69, 9.17) is 9.47 Å². The van der Waals surface area contributed by atoms with Crippen molar-refractivity contribution in [3.05, 3.63) is 35.4 Å². The van der Waals surface area contributed by atoms with Crippen molar-refractivity contribution in [2.75, 3.05) is 6.61 Å². The number of carbonyl (C=O) groups excluding carboxylic acids is 1. The minimum absolute atomic E-state index is 0.160. The molecule has 1 aromatic carbocycles. The summed E-state index contributed by atoms with van der Waals surface area (Å²) in [6, 6.07) is 8.01. The number of hydrogen-bond acceptors (Lipinski definition) is 3. The lowest BCUT2D eigenvalue weighted by Crippen LogP contribution is -2.24. The van der Waals surface area contributed by atoms with Crippen LogP contribution in [0.3, 0.4) is 0 Å². The maximum Gasteiger partial charge on any atom is 0.341 e. The van der Waals surface area contributed by atoms with E-state index in [-0.39, 0.29) is 12.1 Å². The Labute approximate surface area is 95.4 Å². The molecule has 1 fully saturated rings. The third-order valence-electron chi connectivity index (χ3n) is 2.87. The maximum absolute atomic E-state index is 11.6. The molecule has 2 unspecified atom stereocenters. The van der Waals surface area contributed by atoms with Crippen molar-refractivity contribution in [2.24, 2.45) is 0 Å². The van der Waals surface area contributed by atoms with Gasteiger partial charge in [0, 0.05) is 0 Å². The van der Waals surface area contributed by atoms with E-state index in [1.54, 1.807) is 13.8 Å². The van der Waals surface area contributed by atoms with Gasteiger partial charge >= 0.3 is 5.97 Å². The van der Waals surface area contributed by atoms with Gasteiger partial charge in [0.1, 0.15) is 6.10 Å². The van der Waals surface area contributed by atoms with Gasteiger partial charge < -0.3 is 9.47 Å². The Morgan fingerprint density at radius 2 is 2.06 bits per heavy atom. The first-order chi connectivity index (χ1) is 7.58. The molecule has 2 rings (SSSR count). The fraction of sp³-hybridized carbons (Fsp3) is 0.462. The summed E-state index contributed by atoms with van der Waals surface area (Å²) < 4.78 is 10.5. The topological polar surface area (TPSA) is 38.8 Å². The van der Waals surface area contributed by atoms with Crippen molar-refractivity contribution in [1.82, 2.24) is 0 Å². The van der Waals surface area contributed by atoms with Crippen molar-refractivity contribution >= 4 is 5.97 Å². The number of rotatable bonds is 3. The van der Waals surface area contributed by atoms with Gasteiger partial charge in [-0.05, 0) is 26.3 Å². The van der Waals surface area contributed by atoms with Crippen LogP contribution in [0, 0.1) is 6.92 Å². The molecular formula is C13H16O3. The van der Waals surface area contributed by atoms with Gasteiger partial charge in [-0.3, -0.25) is 0 Å². The summed E-state index contributed by atoms with van der Waals surface area (Å²) in [7, 11) is 0. The predicted octanol–water partition coefficient (Wildman–Crippen LogP) is 2.39. The van der Waals surface area contributed by atoms with Gasteiger partial charge in [-0.1, -0.05) is 29.8 Å². The Bertz CT molecular complexity index is 396. The SMILES string of the molecule is CCOC(=O)C1(C)OC1c1ccc(C)cc1. The quantitative estimate of drug-likeness (QED) is 0.580. The number of benzene rings is 1. The first kappa shape index (κ1) is 11.1. The number of carbonyl (C=O) groups is 1. The highest BCUT2D eigenvalue weighted by Crippen LogP contribution is 2.50. The standard InChI is InChI=1S/C13H16O3/c1-4-15-12(14)13(3)11(16-13)10-7-5-9(2)6-8-10/h5-8,11H,4H2,1-3H3. The fourth-order valence-electron chi connectivity index (χ4n) is 1.77. The molecule has 16 heavy (non-hydrogen) atoms. The zero-order valence-electron chi connectivity index (χ0n) is 9.82. The molecule has 0 N–H and O–H groups in total. The largest absolute Gasteiger partial charge is 0.464 e. The summed E-state index contributed by atoms with van der Waals surface area (Å²) in [5.74, 6) is -0.277. The molecule has 86 valence electrons. The number of epoxide rings is 1. The molecule has 0 aromatic heterocycles. The van der Waals surface area contributed by atoms with E-state index < -0.39 is 5.60 Å². The third-order valence-corrected chi connectivity index (χ3v) is 2.87. The Morgan fingerprint density at radius 1 is 1.44 bits per heavy atom. The van der Waals surface area contributed by atoms with Crippen LogP contribution in [0.4, 0.5) is 0 Å². The minimum atomic E-state index is -0.786. The van der Waals surface area contributed by atoms with E-state index in [0.29, 0.717) is 6.61 Å². The number of esters is 1. The zero-order chi connectivity index (χ0) is 11.8. The summed E-state index contributed by atoms with van der Waals surface area (Å²) in [4.78, 5) is 11.6. The monoisotopic (exact) mass is 220 g/mol. The van der Waals surface area contributed by atoms with Crippen molar-refractivity contribution < 1.29 is 14.3 Å². The van der Waals surface area contributed by atoms with Gasteiger partial charge in [-0.2, -0.15) is 0 Å². The summed E-state index contributed by atoms with van der Waals surface area (Å²) in [6.45, 7) is 5.99. The highest BCUT2D eigenvalue weighted by molar-refractivity contribution is 5.83. The van der Waals surface area contributed by atoms with E-state index in [9.17, 15) is 4.79 Å². The second-order valence-electron chi connectivity index (χ2n) is 4.24. The first-order valence-corrected chi connectivity index (χ1v) is 5.49. The van der Waals surface area contributed by atoms with Gasteiger partial charge in [0.05, 0.1) is 6.61 Å². The Hall–Kier alpha value is -1.35. The molecule has 1 aromatic rings. The van der Waals surface area contributed by atoms with Crippen LogP contribution >= 0.6 is 0 Å². The van der Waals surface area contributed by atoms with Gasteiger partial charge in [-0.15, -0.1) is 0 Å². The second-order valence-corrected chi connectivity index (χ2v) is 4.24. The molecule has 1 aliphatic heterocycles. The van der Waals surface area contributed by atoms with Crippen LogP contribution in [0.5, 0.6) is 0 Å². The fourth-order valence-corrected chi connectivity index (χ4v) is 1.77. The van der Waals surface area contributed by atoms with E-state index in [2.05, 4.69) is 0 Å². The van der Waals surface area contributed by atoms with Crippen LogP contribution in [0.15, 0.2) is 24.3 Å². The van der Waals surface area contributed by atoms with E-state index >= 15 is 0 Å². The molecule has 1 heterocycles. The highest BCUT2D eigenvalue weighted by atomic mass is 16.7. The van der Waals surface area contributed by atoms with Crippen molar-refractivity contribution in [3.63, 3.8) is 0 Å². The Kier molecular flexibility index (Phi) is 2.72. The zero-order valence-corrected chi connectivity index (χ0v) is 9.82.